The molecule has 24 heavy (non-hydrogen) atoms. The number of nitrogens with one attached hydrogen (secondary N) is 1. The van der Waals surface area contributed by atoms with E-state index in [1.54, 1.807) is 31.4 Å². The van der Waals surface area contributed by atoms with Crippen LogP contribution in [0.2, 0.25) is 0 Å². The Hall–Kier alpha value is -2.82. The van der Waals surface area contributed by atoms with Gasteiger partial charge in [0.2, 0.25) is 11.8 Å². The molecule has 2 rings (SSSR count). The van der Waals surface area contributed by atoms with Crippen LogP contribution in [0.1, 0.15) is 19.4 Å². The fourth-order valence-electron chi connectivity index (χ4n) is 2.43. The van der Waals surface area contributed by atoms with E-state index in [2.05, 4.69) is 5.32 Å². The van der Waals surface area contributed by atoms with Gasteiger partial charge in [-0.15, -0.1) is 0 Å². The molecule has 0 aliphatic heterocycles. The Morgan fingerprint density at radius 1 is 1.08 bits per heavy atom. The van der Waals surface area contributed by atoms with Crippen LogP contribution in [0.5, 0.6) is 5.75 Å². The molecule has 2 amide bonds. The van der Waals surface area contributed by atoms with Gasteiger partial charge in [0, 0.05) is 18.3 Å². The molecule has 0 spiro atoms. The Kier molecular flexibility index (Phi) is 5.95. The fourth-order valence-corrected chi connectivity index (χ4v) is 2.43. The van der Waals surface area contributed by atoms with Crippen molar-refractivity contribution in [2.45, 2.75) is 20.3 Å². The second kappa shape index (κ2) is 8.15. The van der Waals surface area contributed by atoms with E-state index in [0.717, 1.165) is 17.7 Å². The van der Waals surface area contributed by atoms with Gasteiger partial charge < -0.3 is 15.0 Å². The molecule has 0 fully saturated rings. The van der Waals surface area contributed by atoms with Crippen molar-refractivity contribution in [3.63, 3.8) is 0 Å². The van der Waals surface area contributed by atoms with E-state index in [0.29, 0.717) is 11.4 Å². The van der Waals surface area contributed by atoms with Crippen molar-refractivity contribution in [2.24, 2.45) is 0 Å². The molecular weight excluding hydrogens is 304 g/mol. The topological polar surface area (TPSA) is 58.6 Å². The van der Waals surface area contributed by atoms with Gasteiger partial charge >= 0.3 is 0 Å². The van der Waals surface area contributed by atoms with Crippen LogP contribution in [0.3, 0.4) is 0 Å². The Bertz CT molecular complexity index is 711. The first-order valence-corrected chi connectivity index (χ1v) is 7.85. The Balaban J connectivity index is 2.12. The van der Waals surface area contributed by atoms with Crippen molar-refractivity contribution in [1.29, 1.82) is 0 Å². The fraction of sp³-hybridized carbons (Fsp3) is 0.263. The second-order valence-corrected chi connectivity index (χ2v) is 5.36. The highest BCUT2D eigenvalue weighted by Crippen LogP contribution is 2.20. The van der Waals surface area contributed by atoms with Gasteiger partial charge in [-0.2, -0.15) is 0 Å². The number of para-hydroxylation sites is 1. The standard InChI is InChI=1S/C19H22N2O3/c1-4-15-7-5-6-8-18(15)20-19(23)13-21(14(2)22)16-9-11-17(24-3)12-10-16/h5-12H,4,13H2,1-3H3,(H,20,23). The first-order chi connectivity index (χ1) is 11.5. The number of ether oxygens (including phenoxy) is 1. The number of rotatable bonds is 6. The van der Waals surface area contributed by atoms with Crippen molar-refractivity contribution in [1.82, 2.24) is 0 Å². The molecule has 1 N–H and O–H groups in total. The third-order valence-corrected chi connectivity index (χ3v) is 3.74. The van der Waals surface area contributed by atoms with Crippen LogP contribution in [0.4, 0.5) is 11.4 Å². The molecule has 126 valence electrons. The lowest BCUT2D eigenvalue weighted by molar-refractivity contribution is -0.120. The van der Waals surface area contributed by atoms with Gasteiger partial charge in [-0.1, -0.05) is 25.1 Å². The summed E-state index contributed by atoms with van der Waals surface area (Å²) in [7, 11) is 1.58. The predicted octanol–water partition coefficient (Wildman–Crippen LogP) is 3.25. The number of nitrogens with zero attached hydrogens (tertiary/aromatic N) is 1. The average Bonchev–Trinajstić information content (AvgIpc) is 2.60. The maximum atomic E-state index is 12.4. The van der Waals surface area contributed by atoms with Crippen LogP contribution in [-0.2, 0) is 16.0 Å². The van der Waals surface area contributed by atoms with Crippen LogP contribution in [0.25, 0.3) is 0 Å². The number of anilines is 2. The Morgan fingerprint density at radius 2 is 1.75 bits per heavy atom. The number of amides is 2. The zero-order valence-corrected chi connectivity index (χ0v) is 14.2. The highest BCUT2D eigenvalue weighted by Gasteiger charge is 2.16. The Morgan fingerprint density at radius 3 is 2.33 bits per heavy atom. The molecule has 0 bridgehead atoms. The third-order valence-electron chi connectivity index (χ3n) is 3.74. The highest BCUT2D eigenvalue weighted by atomic mass is 16.5. The summed E-state index contributed by atoms with van der Waals surface area (Å²) in [6, 6.07) is 14.7. The minimum atomic E-state index is -0.234. The first kappa shape index (κ1) is 17.5. The zero-order chi connectivity index (χ0) is 17.5. The van der Waals surface area contributed by atoms with Crippen molar-refractivity contribution < 1.29 is 14.3 Å². The van der Waals surface area contributed by atoms with Gasteiger partial charge in [-0.05, 0) is 42.3 Å². The van der Waals surface area contributed by atoms with E-state index in [1.807, 2.05) is 31.2 Å². The van der Waals surface area contributed by atoms with Gasteiger partial charge in [0.05, 0.1) is 7.11 Å². The average molecular weight is 326 g/mol. The summed E-state index contributed by atoms with van der Waals surface area (Å²) in [5, 5.41) is 2.88. The summed E-state index contributed by atoms with van der Waals surface area (Å²) < 4.78 is 5.11. The molecule has 0 aromatic heterocycles. The lowest BCUT2D eigenvalue weighted by Crippen LogP contribution is -2.36. The summed E-state index contributed by atoms with van der Waals surface area (Å²) >= 11 is 0. The molecule has 2 aromatic carbocycles. The molecule has 5 heteroatoms. The summed E-state index contributed by atoms with van der Waals surface area (Å²) in [5.74, 6) is 0.268. The van der Waals surface area contributed by atoms with Crippen molar-refractivity contribution >= 4 is 23.2 Å². The maximum Gasteiger partial charge on any atom is 0.244 e. The number of methoxy groups -OCH3 is 1. The molecule has 0 radical (unpaired) electrons. The van der Waals surface area contributed by atoms with Gasteiger partial charge in [-0.25, -0.2) is 0 Å². The van der Waals surface area contributed by atoms with Crippen LogP contribution in [0.15, 0.2) is 48.5 Å². The first-order valence-electron chi connectivity index (χ1n) is 7.85. The van der Waals surface area contributed by atoms with E-state index in [-0.39, 0.29) is 18.4 Å². The van der Waals surface area contributed by atoms with Gasteiger partial charge in [0.25, 0.3) is 0 Å². The number of hydrogen-bond donors (Lipinski definition) is 1. The van der Waals surface area contributed by atoms with Crippen LogP contribution in [-0.4, -0.2) is 25.5 Å². The molecule has 0 saturated carbocycles. The van der Waals surface area contributed by atoms with Crippen LogP contribution >= 0.6 is 0 Å². The summed E-state index contributed by atoms with van der Waals surface area (Å²) in [5.41, 5.74) is 2.50. The number of carbonyl (C=O) groups excluding carboxylic acids is 2. The largest absolute Gasteiger partial charge is 0.497 e. The predicted molar refractivity (Wildman–Crippen MR) is 95.5 cm³/mol. The molecule has 0 aliphatic rings. The van der Waals surface area contributed by atoms with Gasteiger partial charge in [0.15, 0.2) is 0 Å². The minimum Gasteiger partial charge on any atom is -0.497 e. The van der Waals surface area contributed by atoms with E-state index in [9.17, 15) is 9.59 Å². The van der Waals surface area contributed by atoms with Crippen molar-refractivity contribution in [2.75, 3.05) is 23.9 Å². The summed E-state index contributed by atoms with van der Waals surface area (Å²) in [4.78, 5) is 25.7. The molecule has 2 aromatic rings. The molecule has 0 aliphatic carbocycles. The van der Waals surface area contributed by atoms with E-state index >= 15 is 0 Å². The summed E-state index contributed by atoms with van der Waals surface area (Å²) in [6.07, 6.45) is 0.825. The van der Waals surface area contributed by atoms with E-state index in [1.165, 1.54) is 11.8 Å². The highest BCUT2D eigenvalue weighted by molar-refractivity contribution is 6.02. The quantitative estimate of drug-likeness (QED) is 0.886. The molecule has 0 atom stereocenters. The maximum absolute atomic E-state index is 12.4. The van der Waals surface area contributed by atoms with Gasteiger partial charge in [0.1, 0.15) is 12.3 Å². The number of aryl methyl sites for hydroxylation is 1. The van der Waals surface area contributed by atoms with Crippen LogP contribution in [0, 0.1) is 0 Å². The molecule has 0 heterocycles. The van der Waals surface area contributed by atoms with Crippen molar-refractivity contribution in [3.05, 3.63) is 54.1 Å². The number of hydrogen-bond acceptors (Lipinski definition) is 3. The Labute approximate surface area is 142 Å². The lowest BCUT2D eigenvalue weighted by atomic mass is 10.1. The lowest BCUT2D eigenvalue weighted by Gasteiger charge is -2.21. The molecular formula is C19H22N2O3. The minimum absolute atomic E-state index is 0.0420. The monoisotopic (exact) mass is 326 g/mol. The van der Waals surface area contributed by atoms with E-state index < -0.39 is 0 Å². The molecule has 0 unspecified atom stereocenters. The zero-order valence-electron chi connectivity index (χ0n) is 14.2. The van der Waals surface area contributed by atoms with E-state index in [4.69, 9.17) is 4.74 Å². The molecule has 0 saturated heterocycles. The third kappa shape index (κ3) is 4.35. The second-order valence-electron chi connectivity index (χ2n) is 5.36. The smallest absolute Gasteiger partial charge is 0.244 e. The summed E-state index contributed by atoms with van der Waals surface area (Å²) in [6.45, 7) is 3.43. The normalized spacial score (nSPS) is 10.1. The van der Waals surface area contributed by atoms with Crippen LogP contribution < -0.4 is 15.0 Å². The van der Waals surface area contributed by atoms with Crippen molar-refractivity contribution in [3.8, 4) is 5.75 Å². The molecule has 5 nitrogen and oxygen atoms in total. The SMILES string of the molecule is CCc1ccccc1NC(=O)CN(C(C)=O)c1ccc(OC)cc1. The number of carbonyl (C=O) groups is 2. The number of benzene rings is 2. The van der Waals surface area contributed by atoms with Gasteiger partial charge in [-0.3, -0.25) is 9.59 Å².